The van der Waals surface area contributed by atoms with Crippen LogP contribution >= 0.6 is 0 Å². The third-order valence-electron chi connectivity index (χ3n) is 5.73. The summed E-state index contributed by atoms with van der Waals surface area (Å²) in [5.74, 6) is 1.05. The molecule has 166 valence electrons. The van der Waals surface area contributed by atoms with Crippen LogP contribution < -0.4 is 14.8 Å². The van der Waals surface area contributed by atoms with E-state index in [1.54, 1.807) is 26.4 Å². The minimum absolute atomic E-state index is 0.104. The predicted molar refractivity (Wildman–Crippen MR) is 124 cm³/mol. The highest BCUT2D eigenvalue weighted by Gasteiger charge is 2.23. The van der Waals surface area contributed by atoms with Gasteiger partial charge >= 0.3 is 0 Å². The fourth-order valence-electron chi connectivity index (χ4n) is 3.93. The van der Waals surface area contributed by atoms with E-state index in [2.05, 4.69) is 40.9 Å². The van der Waals surface area contributed by atoms with E-state index < -0.39 is 0 Å². The van der Waals surface area contributed by atoms with Crippen LogP contribution in [0.5, 0.6) is 11.5 Å². The summed E-state index contributed by atoms with van der Waals surface area (Å²) in [6, 6.07) is 13.6. The third-order valence-corrected chi connectivity index (χ3v) is 5.73. The molecule has 1 N–H and O–H groups in total. The Balaban J connectivity index is 1.84. The van der Waals surface area contributed by atoms with Gasteiger partial charge in [0.05, 0.1) is 20.3 Å². The van der Waals surface area contributed by atoms with E-state index in [-0.39, 0.29) is 11.9 Å². The molecule has 1 amide bonds. The van der Waals surface area contributed by atoms with Crippen molar-refractivity contribution in [3.05, 3.63) is 71.8 Å². The normalized spacial score (nSPS) is 15.8. The number of benzene rings is 2. The fraction of sp³-hybridized carbons (Fsp3) is 0.400. The summed E-state index contributed by atoms with van der Waals surface area (Å²) < 4.78 is 11.0. The van der Waals surface area contributed by atoms with Crippen LogP contribution in [0.1, 0.15) is 27.5 Å². The van der Waals surface area contributed by atoms with Gasteiger partial charge < -0.3 is 19.7 Å². The van der Waals surface area contributed by atoms with Crippen molar-refractivity contribution in [2.24, 2.45) is 0 Å². The van der Waals surface area contributed by atoms with E-state index in [1.165, 1.54) is 0 Å². The largest absolute Gasteiger partial charge is 0.493 e. The Morgan fingerprint density at radius 2 is 1.84 bits per heavy atom. The number of piperazine rings is 1. The van der Waals surface area contributed by atoms with Gasteiger partial charge in [-0.25, -0.2) is 0 Å². The minimum Gasteiger partial charge on any atom is -0.493 e. The predicted octanol–water partition coefficient (Wildman–Crippen LogP) is 3.15. The van der Waals surface area contributed by atoms with Crippen LogP contribution in [0.2, 0.25) is 0 Å². The number of carbonyl (C=O) groups is 1. The number of hydrogen-bond donors (Lipinski definition) is 1. The molecule has 1 aliphatic heterocycles. The molecular formula is C25H33N3O3. The number of rotatable bonds is 9. The lowest BCUT2D eigenvalue weighted by molar-refractivity contribution is 0.0906. The quantitative estimate of drug-likeness (QED) is 0.628. The van der Waals surface area contributed by atoms with Gasteiger partial charge in [-0.05, 0) is 31.2 Å². The smallest absolute Gasteiger partial charge is 0.251 e. The third kappa shape index (κ3) is 5.87. The van der Waals surface area contributed by atoms with Crippen molar-refractivity contribution in [3.63, 3.8) is 0 Å². The summed E-state index contributed by atoms with van der Waals surface area (Å²) in [5, 5.41) is 3.25. The molecule has 6 heteroatoms. The molecule has 1 atom stereocenters. The van der Waals surface area contributed by atoms with Crippen molar-refractivity contribution in [1.29, 1.82) is 0 Å². The van der Waals surface area contributed by atoms with E-state index in [0.29, 0.717) is 23.5 Å². The Labute approximate surface area is 185 Å². The molecule has 1 aliphatic rings. The molecule has 0 radical (unpaired) electrons. The number of hydrogen-bond acceptors (Lipinski definition) is 5. The van der Waals surface area contributed by atoms with E-state index in [1.807, 2.05) is 24.3 Å². The summed E-state index contributed by atoms with van der Waals surface area (Å²) in [6.45, 7) is 8.65. The first-order valence-corrected chi connectivity index (χ1v) is 10.7. The van der Waals surface area contributed by atoms with Crippen LogP contribution in [0.4, 0.5) is 0 Å². The van der Waals surface area contributed by atoms with Gasteiger partial charge in [-0.1, -0.05) is 36.4 Å². The number of ether oxygens (including phenoxy) is 2. The SMILES string of the molecule is C=CCc1cc(C(=O)NC(CN2CCN(C)CC2)c2ccccc2)cc(OC)c1OC. The van der Waals surface area contributed by atoms with Gasteiger partial charge in [-0.2, -0.15) is 0 Å². The van der Waals surface area contributed by atoms with Crippen LogP contribution in [-0.4, -0.2) is 69.7 Å². The Kier molecular flexibility index (Phi) is 8.09. The van der Waals surface area contributed by atoms with Crippen molar-refractivity contribution in [2.45, 2.75) is 12.5 Å². The molecule has 1 fully saturated rings. The first kappa shape index (κ1) is 22.8. The van der Waals surface area contributed by atoms with Gasteiger partial charge in [-0.15, -0.1) is 6.58 Å². The molecule has 0 bridgehead atoms. The Hall–Kier alpha value is -2.83. The average Bonchev–Trinajstić information content (AvgIpc) is 2.80. The standard InChI is InChI=1S/C25H33N3O3/c1-5-9-20-16-21(17-23(30-3)24(20)31-4)25(29)26-22(19-10-7-6-8-11-19)18-28-14-12-27(2)13-15-28/h5-8,10-11,16-17,22H,1,9,12-15,18H2,2-4H3,(H,26,29). The Morgan fingerprint density at radius 3 is 2.45 bits per heavy atom. The van der Waals surface area contributed by atoms with E-state index >= 15 is 0 Å². The first-order valence-electron chi connectivity index (χ1n) is 10.7. The van der Waals surface area contributed by atoms with Crippen molar-refractivity contribution in [3.8, 4) is 11.5 Å². The van der Waals surface area contributed by atoms with Crippen LogP contribution in [-0.2, 0) is 6.42 Å². The lowest BCUT2D eigenvalue weighted by atomic mass is 10.0. The number of methoxy groups -OCH3 is 2. The molecule has 6 nitrogen and oxygen atoms in total. The van der Waals surface area contributed by atoms with Crippen LogP contribution in [0.25, 0.3) is 0 Å². The lowest BCUT2D eigenvalue weighted by Crippen LogP contribution is -2.47. The molecule has 0 aromatic heterocycles. The van der Waals surface area contributed by atoms with Crippen molar-refractivity contribution >= 4 is 5.91 Å². The number of nitrogens with one attached hydrogen (secondary N) is 1. The monoisotopic (exact) mass is 423 g/mol. The van der Waals surface area contributed by atoms with Crippen LogP contribution in [0.15, 0.2) is 55.1 Å². The Morgan fingerprint density at radius 1 is 1.13 bits per heavy atom. The molecule has 1 saturated heterocycles. The maximum atomic E-state index is 13.3. The van der Waals surface area contributed by atoms with Crippen molar-refractivity contribution in [1.82, 2.24) is 15.1 Å². The molecule has 31 heavy (non-hydrogen) atoms. The summed E-state index contributed by atoms with van der Waals surface area (Å²) in [7, 11) is 5.33. The highest BCUT2D eigenvalue weighted by molar-refractivity contribution is 5.95. The van der Waals surface area contributed by atoms with E-state index in [9.17, 15) is 4.79 Å². The number of allylic oxidation sites excluding steroid dienone is 1. The highest BCUT2D eigenvalue weighted by Crippen LogP contribution is 2.33. The molecule has 2 aromatic carbocycles. The molecule has 0 spiro atoms. The van der Waals surface area contributed by atoms with Crippen LogP contribution in [0.3, 0.4) is 0 Å². The number of carbonyl (C=O) groups excluding carboxylic acids is 1. The first-order chi connectivity index (χ1) is 15.0. The maximum absolute atomic E-state index is 13.3. The highest BCUT2D eigenvalue weighted by atomic mass is 16.5. The molecule has 0 aliphatic carbocycles. The fourth-order valence-corrected chi connectivity index (χ4v) is 3.93. The van der Waals surface area contributed by atoms with Gasteiger partial charge in [0.15, 0.2) is 11.5 Å². The van der Waals surface area contributed by atoms with E-state index in [4.69, 9.17) is 9.47 Å². The number of amides is 1. The van der Waals surface area contributed by atoms with Crippen molar-refractivity contribution in [2.75, 3.05) is 54.0 Å². The van der Waals surface area contributed by atoms with Crippen LogP contribution in [0, 0.1) is 0 Å². The van der Waals surface area contributed by atoms with Gasteiger partial charge in [-0.3, -0.25) is 9.69 Å². The average molecular weight is 424 g/mol. The number of likely N-dealkylation sites (N-methyl/N-ethyl adjacent to an activating group) is 1. The molecular weight excluding hydrogens is 390 g/mol. The second-order valence-corrected chi connectivity index (χ2v) is 7.90. The zero-order valence-corrected chi connectivity index (χ0v) is 18.8. The lowest BCUT2D eigenvalue weighted by Gasteiger charge is -2.35. The summed E-state index contributed by atoms with van der Waals surface area (Å²) >= 11 is 0. The van der Waals surface area contributed by atoms with Gasteiger partial charge in [0, 0.05) is 43.9 Å². The summed E-state index contributed by atoms with van der Waals surface area (Å²) in [4.78, 5) is 18.0. The zero-order chi connectivity index (χ0) is 22.2. The van der Waals surface area contributed by atoms with Gasteiger partial charge in [0.1, 0.15) is 0 Å². The number of nitrogens with zero attached hydrogens (tertiary/aromatic N) is 2. The maximum Gasteiger partial charge on any atom is 0.251 e. The van der Waals surface area contributed by atoms with E-state index in [0.717, 1.165) is 43.9 Å². The second-order valence-electron chi connectivity index (χ2n) is 7.90. The topological polar surface area (TPSA) is 54.0 Å². The molecule has 0 saturated carbocycles. The Bertz CT molecular complexity index is 877. The van der Waals surface area contributed by atoms with Gasteiger partial charge in [0.2, 0.25) is 0 Å². The molecule has 1 heterocycles. The van der Waals surface area contributed by atoms with Gasteiger partial charge in [0.25, 0.3) is 5.91 Å². The summed E-state index contributed by atoms with van der Waals surface area (Å²) in [5.41, 5.74) is 2.52. The molecule has 1 unspecified atom stereocenters. The second kappa shape index (κ2) is 11.0. The zero-order valence-electron chi connectivity index (χ0n) is 18.8. The molecule has 2 aromatic rings. The molecule has 3 rings (SSSR count). The minimum atomic E-state index is -0.130. The van der Waals surface area contributed by atoms with Crippen molar-refractivity contribution < 1.29 is 14.3 Å². The summed E-state index contributed by atoms with van der Waals surface area (Å²) in [6.07, 6.45) is 2.38.